The highest BCUT2D eigenvalue weighted by atomic mass is 19.4. The van der Waals surface area contributed by atoms with Crippen molar-refractivity contribution in [2.75, 3.05) is 5.32 Å². The van der Waals surface area contributed by atoms with Crippen LogP contribution < -0.4 is 5.32 Å². The number of nitrogens with one attached hydrogen (secondary N) is 1. The zero-order valence-electron chi connectivity index (χ0n) is 16.6. The lowest BCUT2D eigenvalue weighted by atomic mass is 10.1. The molecule has 158 valence electrons. The molecule has 0 bridgehead atoms. The van der Waals surface area contributed by atoms with Gasteiger partial charge < -0.3 is 9.84 Å². The van der Waals surface area contributed by atoms with Crippen molar-refractivity contribution in [1.29, 1.82) is 0 Å². The highest BCUT2D eigenvalue weighted by Gasteiger charge is 2.33. The number of nitrogens with zero attached hydrogens (tertiary/aromatic N) is 4. The van der Waals surface area contributed by atoms with Crippen LogP contribution >= 0.6 is 0 Å². The molecule has 0 saturated carbocycles. The molecule has 32 heavy (non-hydrogen) atoms. The molecule has 3 aromatic heterocycles. The van der Waals surface area contributed by atoms with Crippen molar-refractivity contribution in [2.45, 2.75) is 13.1 Å². The monoisotopic (exact) mass is 433 g/mol. The minimum absolute atomic E-state index is 0.111. The molecule has 1 N–H and O–H groups in total. The number of benzene rings is 2. The summed E-state index contributed by atoms with van der Waals surface area (Å²) in [5, 5.41) is 11.5. The number of imidazole rings is 1. The number of rotatable bonds is 2. The van der Waals surface area contributed by atoms with E-state index in [0.717, 1.165) is 11.6 Å². The van der Waals surface area contributed by atoms with Crippen molar-refractivity contribution >= 4 is 28.1 Å². The summed E-state index contributed by atoms with van der Waals surface area (Å²) in [4.78, 5) is 4.25. The van der Waals surface area contributed by atoms with Gasteiger partial charge in [-0.05, 0) is 48.7 Å². The van der Waals surface area contributed by atoms with Gasteiger partial charge in [0.05, 0.1) is 28.4 Å². The average Bonchev–Trinajstić information content (AvgIpc) is 3.37. The molecule has 0 amide bonds. The quantitative estimate of drug-likeness (QED) is 0.381. The summed E-state index contributed by atoms with van der Waals surface area (Å²) in [5.74, 6) is 6.28. The number of hydrogen-bond donors (Lipinski definition) is 1. The van der Waals surface area contributed by atoms with E-state index in [1.165, 1.54) is 18.2 Å². The van der Waals surface area contributed by atoms with Gasteiger partial charge in [-0.15, -0.1) is 0 Å². The molecular formula is C23H14F3N5O. The maximum atomic E-state index is 13.3. The molecule has 2 aromatic carbocycles. The molecule has 0 aliphatic heterocycles. The van der Waals surface area contributed by atoms with Crippen LogP contribution in [0.15, 0.2) is 65.4 Å². The molecule has 0 aliphatic carbocycles. The SMILES string of the molecule is Cc1ccc2c(Nc3ccccc3C(F)(F)F)noc2c1C#Cc1cnc2cccnn12. The van der Waals surface area contributed by atoms with Crippen LogP contribution in [-0.2, 0) is 6.18 Å². The van der Waals surface area contributed by atoms with Crippen molar-refractivity contribution in [2.24, 2.45) is 0 Å². The normalized spacial score (nSPS) is 11.5. The number of para-hydroxylation sites is 1. The average molecular weight is 433 g/mol. The Hall–Kier alpha value is -4.32. The first-order valence-corrected chi connectivity index (χ1v) is 9.55. The van der Waals surface area contributed by atoms with Gasteiger partial charge in [0.1, 0.15) is 5.69 Å². The third kappa shape index (κ3) is 3.41. The van der Waals surface area contributed by atoms with Crippen LogP contribution in [0.25, 0.3) is 16.6 Å². The molecule has 0 atom stereocenters. The van der Waals surface area contributed by atoms with Crippen LogP contribution in [0.2, 0.25) is 0 Å². The molecule has 3 heterocycles. The minimum Gasteiger partial charge on any atom is -0.353 e. The van der Waals surface area contributed by atoms with Gasteiger partial charge in [-0.1, -0.05) is 29.3 Å². The number of anilines is 2. The van der Waals surface area contributed by atoms with E-state index < -0.39 is 11.7 Å². The van der Waals surface area contributed by atoms with Crippen LogP contribution in [0, 0.1) is 18.8 Å². The fourth-order valence-corrected chi connectivity index (χ4v) is 3.36. The Bertz CT molecular complexity index is 1520. The smallest absolute Gasteiger partial charge is 0.353 e. The summed E-state index contributed by atoms with van der Waals surface area (Å²) in [5.41, 5.74) is 2.16. The lowest BCUT2D eigenvalue weighted by molar-refractivity contribution is -0.136. The van der Waals surface area contributed by atoms with Gasteiger partial charge in [0, 0.05) is 6.20 Å². The van der Waals surface area contributed by atoms with Crippen LogP contribution in [0.4, 0.5) is 24.7 Å². The van der Waals surface area contributed by atoms with Gasteiger partial charge in [-0.2, -0.15) is 18.3 Å². The first-order valence-electron chi connectivity index (χ1n) is 9.55. The number of halogens is 3. The second-order valence-corrected chi connectivity index (χ2v) is 7.02. The third-order valence-corrected chi connectivity index (χ3v) is 4.93. The van der Waals surface area contributed by atoms with Gasteiger partial charge in [0.15, 0.2) is 17.0 Å². The van der Waals surface area contributed by atoms with Crippen molar-refractivity contribution in [3.05, 3.63) is 83.3 Å². The number of alkyl halides is 3. The van der Waals surface area contributed by atoms with E-state index in [1.807, 2.05) is 19.1 Å². The van der Waals surface area contributed by atoms with E-state index in [4.69, 9.17) is 4.52 Å². The standard InChI is InChI=1S/C23H14F3N5O/c1-14-8-10-17-21(16(14)11-9-15-13-27-20-7-4-12-28-31(15)20)32-30-22(17)29-19-6-3-2-5-18(19)23(24,25)26/h2-8,10,12-13H,1H3,(H,29,30). The zero-order chi connectivity index (χ0) is 22.3. The molecule has 6 nitrogen and oxygen atoms in total. The van der Waals surface area contributed by atoms with Crippen molar-refractivity contribution in [3.8, 4) is 11.8 Å². The minimum atomic E-state index is -4.50. The van der Waals surface area contributed by atoms with Crippen molar-refractivity contribution in [3.63, 3.8) is 0 Å². The van der Waals surface area contributed by atoms with Crippen LogP contribution in [0.1, 0.15) is 22.4 Å². The van der Waals surface area contributed by atoms with E-state index in [1.54, 1.807) is 29.0 Å². The first-order chi connectivity index (χ1) is 15.4. The van der Waals surface area contributed by atoms with E-state index in [0.29, 0.717) is 27.9 Å². The van der Waals surface area contributed by atoms with Crippen LogP contribution in [0.3, 0.4) is 0 Å². The lowest BCUT2D eigenvalue weighted by Crippen LogP contribution is -2.08. The predicted octanol–water partition coefficient (Wildman–Crippen LogP) is 5.34. The summed E-state index contributed by atoms with van der Waals surface area (Å²) >= 11 is 0. The number of aromatic nitrogens is 4. The number of hydrogen-bond acceptors (Lipinski definition) is 5. The summed E-state index contributed by atoms with van der Waals surface area (Å²) < 4.78 is 47.1. The molecule has 5 aromatic rings. The number of fused-ring (bicyclic) bond motifs is 2. The summed E-state index contributed by atoms with van der Waals surface area (Å²) in [6, 6.07) is 12.4. The van der Waals surface area contributed by atoms with Crippen molar-refractivity contribution < 1.29 is 17.7 Å². The Balaban J connectivity index is 1.56. The van der Waals surface area contributed by atoms with E-state index >= 15 is 0 Å². The Morgan fingerprint density at radius 1 is 1.03 bits per heavy atom. The maximum absolute atomic E-state index is 13.3. The highest BCUT2D eigenvalue weighted by molar-refractivity contribution is 5.94. The van der Waals surface area contributed by atoms with Crippen LogP contribution in [-0.4, -0.2) is 19.8 Å². The maximum Gasteiger partial charge on any atom is 0.418 e. The summed E-state index contributed by atoms with van der Waals surface area (Å²) in [6.07, 6.45) is -1.25. The second kappa shape index (κ2) is 7.42. The molecule has 0 spiro atoms. The molecule has 0 unspecified atom stereocenters. The lowest BCUT2D eigenvalue weighted by Gasteiger charge is -2.12. The van der Waals surface area contributed by atoms with Gasteiger partial charge in [0.2, 0.25) is 0 Å². The third-order valence-electron chi connectivity index (χ3n) is 4.93. The Morgan fingerprint density at radius 3 is 2.72 bits per heavy atom. The van der Waals surface area contributed by atoms with Gasteiger partial charge in [-0.25, -0.2) is 9.50 Å². The first kappa shape index (κ1) is 19.6. The molecule has 0 saturated heterocycles. The summed E-state index contributed by atoms with van der Waals surface area (Å²) in [6.45, 7) is 1.87. The topological polar surface area (TPSA) is 68.2 Å². The van der Waals surface area contributed by atoms with E-state index in [2.05, 4.69) is 32.4 Å². The fraction of sp³-hybridized carbons (Fsp3) is 0.0870. The zero-order valence-corrected chi connectivity index (χ0v) is 16.6. The predicted molar refractivity (Wildman–Crippen MR) is 112 cm³/mol. The summed E-state index contributed by atoms with van der Waals surface area (Å²) in [7, 11) is 0. The van der Waals surface area contributed by atoms with Gasteiger partial charge in [0.25, 0.3) is 0 Å². The Kier molecular flexibility index (Phi) is 4.56. The van der Waals surface area contributed by atoms with Crippen molar-refractivity contribution in [1.82, 2.24) is 19.8 Å². The highest BCUT2D eigenvalue weighted by Crippen LogP contribution is 2.37. The number of aryl methyl sites for hydroxylation is 1. The molecule has 9 heteroatoms. The fourth-order valence-electron chi connectivity index (χ4n) is 3.36. The molecule has 0 fully saturated rings. The van der Waals surface area contributed by atoms with Crippen LogP contribution in [0.5, 0.6) is 0 Å². The van der Waals surface area contributed by atoms with Gasteiger partial charge in [-0.3, -0.25) is 0 Å². The van der Waals surface area contributed by atoms with Gasteiger partial charge >= 0.3 is 6.18 Å². The van der Waals surface area contributed by atoms with E-state index in [9.17, 15) is 13.2 Å². The Morgan fingerprint density at radius 2 is 1.88 bits per heavy atom. The van der Waals surface area contributed by atoms with E-state index in [-0.39, 0.29) is 11.5 Å². The molecule has 0 aliphatic rings. The molecule has 5 rings (SSSR count). The molecule has 0 radical (unpaired) electrons. The largest absolute Gasteiger partial charge is 0.418 e. The Labute approximate surface area is 179 Å². The second-order valence-electron chi connectivity index (χ2n) is 7.02. The molecular weight excluding hydrogens is 419 g/mol.